The maximum Gasteiger partial charge on any atom is 0.131 e. The van der Waals surface area contributed by atoms with Crippen LogP contribution in [0.1, 0.15) is 11.1 Å². The fraction of sp³-hybridized carbons (Fsp3) is 0.357. The van der Waals surface area contributed by atoms with E-state index in [9.17, 15) is 0 Å². The Bertz CT molecular complexity index is 522. The number of rotatable bonds is 0. The molecule has 0 amide bonds. The van der Waals surface area contributed by atoms with Gasteiger partial charge in [-0.05, 0) is 23.8 Å². The molecule has 4 heteroatoms. The van der Waals surface area contributed by atoms with Crippen molar-refractivity contribution in [1.82, 2.24) is 5.32 Å². The number of nitrogens with one attached hydrogen (secondary N) is 2. The van der Waals surface area contributed by atoms with Crippen LogP contribution in [0.2, 0.25) is 0 Å². The Morgan fingerprint density at radius 2 is 2.39 bits per heavy atom. The molecule has 0 radical (unpaired) electrons. The number of fused-ring (bicyclic) bond motifs is 1. The molecule has 2 aliphatic rings. The minimum Gasteiger partial charge on any atom is -0.363 e. The first kappa shape index (κ1) is 11.3. The summed E-state index contributed by atoms with van der Waals surface area (Å²) in [6.45, 7) is 3.19. The summed E-state index contributed by atoms with van der Waals surface area (Å²) < 4.78 is 5.54. The van der Waals surface area contributed by atoms with Crippen LogP contribution >= 0.6 is 0 Å². The van der Waals surface area contributed by atoms with Crippen molar-refractivity contribution in [3.63, 3.8) is 0 Å². The summed E-state index contributed by atoms with van der Waals surface area (Å²) >= 11 is 0. The summed E-state index contributed by atoms with van der Waals surface area (Å²) in [6, 6.07) is 6.15. The Kier molecular flexibility index (Phi) is 3.26. The minimum absolute atomic E-state index is 0.00549. The van der Waals surface area contributed by atoms with Gasteiger partial charge in [0.2, 0.25) is 0 Å². The largest absolute Gasteiger partial charge is 0.363 e. The van der Waals surface area contributed by atoms with Crippen molar-refractivity contribution < 1.29 is 4.74 Å². The van der Waals surface area contributed by atoms with E-state index in [1.165, 1.54) is 5.56 Å². The third-order valence-corrected chi connectivity index (χ3v) is 2.98. The highest BCUT2D eigenvalue weighted by Gasteiger charge is 2.09. The van der Waals surface area contributed by atoms with Crippen LogP contribution in [-0.4, -0.2) is 32.1 Å². The quantitative estimate of drug-likeness (QED) is 0.666. The molecule has 0 aromatic heterocycles. The van der Waals surface area contributed by atoms with Gasteiger partial charge in [-0.25, -0.2) is 0 Å². The van der Waals surface area contributed by atoms with Gasteiger partial charge in [0.15, 0.2) is 0 Å². The van der Waals surface area contributed by atoms with E-state index in [1.807, 2.05) is 12.1 Å². The highest BCUT2D eigenvalue weighted by molar-refractivity contribution is 5.79. The van der Waals surface area contributed by atoms with Crippen molar-refractivity contribution in [2.45, 2.75) is 12.6 Å². The second-order valence-electron chi connectivity index (χ2n) is 4.32. The van der Waals surface area contributed by atoms with E-state index in [0.717, 1.165) is 37.5 Å². The van der Waals surface area contributed by atoms with Crippen molar-refractivity contribution in [1.29, 1.82) is 0 Å². The first-order valence-electron chi connectivity index (χ1n) is 6.13. The van der Waals surface area contributed by atoms with Crippen LogP contribution in [-0.2, 0) is 11.3 Å². The second-order valence-corrected chi connectivity index (χ2v) is 4.32. The molecular formula is C14H15N3O. The standard InChI is InChI=1S/C14H15N3O/c1(3-13-9-15-5-6-18-13)11-2-4-14-12(7-11)8-16-10-17-14/h2,4,7,10,13,15H,5-6,8-9H2,(H,16,17). The Morgan fingerprint density at radius 1 is 1.39 bits per heavy atom. The Labute approximate surface area is 106 Å². The molecule has 2 N–H and O–H groups in total. The molecule has 0 aliphatic carbocycles. The number of hydrogen-bond acceptors (Lipinski definition) is 4. The molecule has 0 spiro atoms. The molecule has 18 heavy (non-hydrogen) atoms. The second kappa shape index (κ2) is 5.21. The Morgan fingerprint density at radius 3 is 3.28 bits per heavy atom. The zero-order chi connectivity index (χ0) is 12.2. The lowest BCUT2D eigenvalue weighted by Crippen LogP contribution is -2.37. The number of hydrogen-bond donors (Lipinski definition) is 2. The third kappa shape index (κ3) is 2.53. The Hall–Kier alpha value is -1.83. The van der Waals surface area contributed by atoms with Crippen LogP contribution in [0.15, 0.2) is 23.2 Å². The van der Waals surface area contributed by atoms with E-state index >= 15 is 0 Å². The summed E-state index contributed by atoms with van der Waals surface area (Å²) in [5, 5.41) is 6.39. The van der Waals surface area contributed by atoms with Crippen LogP contribution in [0, 0.1) is 11.8 Å². The Balaban J connectivity index is 1.75. The van der Waals surface area contributed by atoms with Gasteiger partial charge in [-0.15, -0.1) is 0 Å². The molecule has 0 bridgehead atoms. The SMILES string of the molecule is C(#CC1CNCCO1)c1ccc2c(c1)CN=CN2. The highest BCUT2D eigenvalue weighted by atomic mass is 16.5. The first-order valence-corrected chi connectivity index (χ1v) is 6.13. The molecule has 3 rings (SSSR count). The number of benzene rings is 1. The molecule has 1 aromatic carbocycles. The van der Waals surface area contributed by atoms with E-state index < -0.39 is 0 Å². The van der Waals surface area contributed by atoms with Crippen molar-refractivity contribution in [2.24, 2.45) is 4.99 Å². The molecule has 0 saturated carbocycles. The zero-order valence-electron chi connectivity index (χ0n) is 10.1. The van der Waals surface area contributed by atoms with Gasteiger partial charge in [0, 0.05) is 24.3 Å². The maximum atomic E-state index is 5.54. The molecule has 1 atom stereocenters. The molecule has 1 saturated heterocycles. The summed E-state index contributed by atoms with van der Waals surface area (Å²) in [4.78, 5) is 4.19. The molecule has 4 nitrogen and oxygen atoms in total. The predicted octanol–water partition coefficient (Wildman–Crippen LogP) is 0.980. The predicted molar refractivity (Wildman–Crippen MR) is 71.7 cm³/mol. The molecule has 1 fully saturated rings. The number of morpholine rings is 1. The van der Waals surface area contributed by atoms with Crippen LogP contribution < -0.4 is 10.6 Å². The summed E-state index contributed by atoms with van der Waals surface area (Å²) in [7, 11) is 0. The van der Waals surface area contributed by atoms with Gasteiger partial charge in [-0.1, -0.05) is 11.8 Å². The van der Waals surface area contributed by atoms with Crippen LogP contribution in [0.25, 0.3) is 0 Å². The normalized spacial score (nSPS) is 21.4. The van der Waals surface area contributed by atoms with Gasteiger partial charge in [0.1, 0.15) is 6.10 Å². The van der Waals surface area contributed by atoms with Gasteiger partial charge in [0.25, 0.3) is 0 Å². The van der Waals surface area contributed by atoms with Crippen LogP contribution in [0.3, 0.4) is 0 Å². The van der Waals surface area contributed by atoms with Crippen LogP contribution in [0.5, 0.6) is 0 Å². The van der Waals surface area contributed by atoms with Crippen LogP contribution in [0.4, 0.5) is 5.69 Å². The molecule has 2 aliphatic heterocycles. The number of nitrogens with zero attached hydrogens (tertiary/aromatic N) is 1. The van der Waals surface area contributed by atoms with Gasteiger partial charge >= 0.3 is 0 Å². The van der Waals surface area contributed by atoms with E-state index in [4.69, 9.17) is 4.74 Å². The molecule has 92 valence electrons. The van der Waals surface area contributed by atoms with Crippen molar-refractivity contribution >= 4 is 12.0 Å². The summed E-state index contributed by atoms with van der Waals surface area (Å²) in [5.41, 5.74) is 3.32. The molecule has 1 aromatic rings. The number of anilines is 1. The molecule has 1 unspecified atom stereocenters. The summed E-state index contributed by atoms with van der Waals surface area (Å²) in [5.74, 6) is 6.32. The van der Waals surface area contributed by atoms with E-state index in [-0.39, 0.29) is 6.10 Å². The third-order valence-electron chi connectivity index (χ3n) is 2.98. The van der Waals surface area contributed by atoms with Gasteiger partial charge in [-0.2, -0.15) is 0 Å². The monoisotopic (exact) mass is 241 g/mol. The smallest absolute Gasteiger partial charge is 0.131 e. The molecule has 2 heterocycles. The van der Waals surface area contributed by atoms with Gasteiger partial charge in [0.05, 0.1) is 19.5 Å². The number of ether oxygens (including phenoxy) is 1. The van der Waals surface area contributed by atoms with Crippen molar-refractivity contribution in [2.75, 3.05) is 25.0 Å². The zero-order valence-corrected chi connectivity index (χ0v) is 10.1. The maximum absolute atomic E-state index is 5.54. The number of aliphatic imine (C=N–C) groups is 1. The van der Waals surface area contributed by atoms with E-state index in [2.05, 4.69) is 33.5 Å². The van der Waals surface area contributed by atoms with E-state index in [0.29, 0.717) is 0 Å². The topological polar surface area (TPSA) is 45.6 Å². The van der Waals surface area contributed by atoms with Gasteiger partial charge < -0.3 is 15.4 Å². The fourth-order valence-electron chi connectivity index (χ4n) is 2.02. The van der Waals surface area contributed by atoms with Crippen molar-refractivity contribution in [3.8, 4) is 11.8 Å². The highest BCUT2D eigenvalue weighted by Crippen LogP contribution is 2.20. The summed E-state index contributed by atoms with van der Waals surface area (Å²) in [6.07, 6.45) is 1.74. The van der Waals surface area contributed by atoms with E-state index in [1.54, 1.807) is 6.34 Å². The first-order chi connectivity index (χ1) is 8.92. The lowest BCUT2D eigenvalue weighted by molar-refractivity contribution is 0.0651. The average molecular weight is 241 g/mol. The molecular weight excluding hydrogens is 226 g/mol. The van der Waals surface area contributed by atoms with Crippen molar-refractivity contribution in [3.05, 3.63) is 29.3 Å². The lowest BCUT2D eigenvalue weighted by atomic mass is 10.1. The minimum atomic E-state index is 0.00549. The fourth-order valence-corrected chi connectivity index (χ4v) is 2.02. The lowest BCUT2D eigenvalue weighted by Gasteiger charge is -2.18. The average Bonchev–Trinajstić information content (AvgIpc) is 2.46. The van der Waals surface area contributed by atoms with Gasteiger partial charge in [-0.3, -0.25) is 4.99 Å².